The van der Waals surface area contributed by atoms with E-state index in [4.69, 9.17) is 15.2 Å². The van der Waals surface area contributed by atoms with E-state index in [0.29, 0.717) is 18.6 Å². The molecular formula is C17H28IN3O2. The highest BCUT2D eigenvalue weighted by Crippen LogP contribution is 2.20. The lowest BCUT2D eigenvalue weighted by Gasteiger charge is -2.21. The van der Waals surface area contributed by atoms with Gasteiger partial charge in [0.25, 0.3) is 0 Å². The van der Waals surface area contributed by atoms with E-state index in [0.717, 1.165) is 24.5 Å². The van der Waals surface area contributed by atoms with E-state index in [9.17, 15) is 0 Å². The summed E-state index contributed by atoms with van der Waals surface area (Å²) in [5.41, 5.74) is 6.77. The maximum atomic E-state index is 5.87. The molecule has 0 amide bonds. The summed E-state index contributed by atoms with van der Waals surface area (Å²) in [6.45, 7) is 1.45. The second kappa shape index (κ2) is 11.5. The van der Waals surface area contributed by atoms with Gasteiger partial charge in [0.2, 0.25) is 0 Å². The van der Waals surface area contributed by atoms with Crippen LogP contribution >= 0.6 is 24.0 Å². The number of rotatable bonds is 7. The van der Waals surface area contributed by atoms with E-state index >= 15 is 0 Å². The Bertz CT molecular complexity index is 459. The van der Waals surface area contributed by atoms with Crippen molar-refractivity contribution in [3.8, 4) is 5.75 Å². The van der Waals surface area contributed by atoms with Gasteiger partial charge in [0, 0.05) is 18.8 Å². The van der Waals surface area contributed by atoms with Gasteiger partial charge in [-0.2, -0.15) is 0 Å². The molecule has 1 fully saturated rings. The van der Waals surface area contributed by atoms with E-state index < -0.39 is 0 Å². The average molecular weight is 433 g/mol. The molecule has 0 unspecified atom stereocenters. The van der Waals surface area contributed by atoms with E-state index in [1.165, 1.54) is 32.1 Å². The van der Waals surface area contributed by atoms with Gasteiger partial charge in [-0.05, 0) is 43.5 Å². The Morgan fingerprint density at radius 3 is 2.57 bits per heavy atom. The van der Waals surface area contributed by atoms with Crippen LogP contribution in [0.4, 0.5) is 5.69 Å². The lowest BCUT2D eigenvalue weighted by Crippen LogP contribution is -2.23. The predicted octanol–water partition coefficient (Wildman–Crippen LogP) is 3.78. The van der Waals surface area contributed by atoms with Crippen molar-refractivity contribution < 1.29 is 9.47 Å². The fourth-order valence-electron chi connectivity index (χ4n) is 2.61. The first-order chi connectivity index (χ1) is 10.8. The van der Waals surface area contributed by atoms with Crippen molar-refractivity contribution in [2.45, 2.75) is 44.6 Å². The molecule has 0 aromatic heterocycles. The highest BCUT2D eigenvalue weighted by Gasteiger charge is 2.12. The van der Waals surface area contributed by atoms with Crippen LogP contribution in [-0.2, 0) is 4.74 Å². The molecule has 0 saturated heterocycles. The van der Waals surface area contributed by atoms with Gasteiger partial charge in [0.05, 0.1) is 13.2 Å². The lowest BCUT2D eigenvalue weighted by atomic mass is 9.98. The third-order valence-corrected chi connectivity index (χ3v) is 3.85. The molecule has 23 heavy (non-hydrogen) atoms. The van der Waals surface area contributed by atoms with E-state index in [1.807, 2.05) is 24.3 Å². The van der Waals surface area contributed by atoms with Crippen molar-refractivity contribution >= 4 is 35.6 Å². The van der Waals surface area contributed by atoms with Crippen LogP contribution in [0.1, 0.15) is 38.5 Å². The summed E-state index contributed by atoms with van der Waals surface area (Å²) in [6.07, 6.45) is 7.77. The maximum absolute atomic E-state index is 5.87. The van der Waals surface area contributed by atoms with E-state index in [2.05, 4.69) is 10.3 Å². The summed E-state index contributed by atoms with van der Waals surface area (Å²) in [5, 5.41) is 3.06. The zero-order valence-electron chi connectivity index (χ0n) is 13.8. The molecule has 5 nitrogen and oxygen atoms in total. The number of hydrogen-bond donors (Lipinski definition) is 2. The number of methoxy groups -OCH3 is 1. The summed E-state index contributed by atoms with van der Waals surface area (Å²) in [5.74, 6) is 1.25. The molecule has 0 atom stereocenters. The molecule has 1 aromatic rings. The fraction of sp³-hybridized carbons (Fsp3) is 0.588. The average Bonchev–Trinajstić information content (AvgIpc) is 2.56. The molecular weight excluding hydrogens is 405 g/mol. The van der Waals surface area contributed by atoms with Gasteiger partial charge in [-0.3, -0.25) is 4.99 Å². The smallest absolute Gasteiger partial charge is 0.193 e. The Kier molecular flexibility index (Phi) is 10.0. The van der Waals surface area contributed by atoms with Crippen molar-refractivity contribution in [3.05, 3.63) is 24.3 Å². The van der Waals surface area contributed by atoms with Crippen LogP contribution in [0.15, 0.2) is 29.3 Å². The summed E-state index contributed by atoms with van der Waals surface area (Å²) in [6, 6.07) is 7.59. The summed E-state index contributed by atoms with van der Waals surface area (Å²) < 4.78 is 11.0. The molecule has 1 aliphatic rings. The number of aliphatic imine (C=N–C) groups is 1. The van der Waals surface area contributed by atoms with Crippen LogP contribution < -0.4 is 15.8 Å². The van der Waals surface area contributed by atoms with Gasteiger partial charge >= 0.3 is 0 Å². The van der Waals surface area contributed by atoms with Crippen molar-refractivity contribution in [2.24, 2.45) is 10.7 Å². The Morgan fingerprint density at radius 2 is 1.91 bits per heavy atom. The van der Waals surface area contributed by atoms with Gasteiger partial charge in [0.1, 0.15) is 5.75 Å². The first-order valence-corrected chi connectivity index (χ1v) is 8.10. The minimum absolute atomic E-state index is 0. The van der Waals surface area contributed by atoms with Crippen molar-refractivity contribution in [1.29, 1.82) is 0 Å². The molecule has 0 spiro atoms. The molecule has 3 N–H and O–H groups in total. The molecule has 1 aliphatic carbocycles. The molecule has 1 saturated carbocycles. The van der Waals surface area contributed by atoms with Gasteiger partial charge < -0.3 is 20.5 Å². The van der Waals surface area contributed by atoms with Gasteiger partial charge in [0.15, 0.2) is 5.96 Å². The van der Waals surface area contributed by atoms with Crippen molar-refractivity contribution in [3.63, 3.8) is 0 Å². The van der Waals surface area contributed by atoms with E-state index in [-0.39, 0.29) is 24.0 Å². The number of benzene rings is 1. The van der Waals surface area contributed by atoms with Crippen LogP contribution in [0.25, 0.3) is 0 Å². The Morgan fingerprint density at radius 1 is 1.22 bits per heavy atom. The minimum atomic E-state index is 0. The summed E-state index contributed by atoms with van der Waals surface area (Å²) in [7, 11) is 1.65. The number of nitrogens with two attached hydrogens (primary N) is 1. The normalized spacial score (nSPS) is 15.8. The van der Waals surface area contributed by atoms with Crippen molar-refractivity contribution in [2.75, 3.05) is 25.6 Å². The highest BCUT2D eigenvalue weighted by molar-refractivity contribution is 14.0. The third-order valence-electron chi connectivity index (χ3n) is 3.85. The number of hydrogen-bond acceptors (Lipinski definition) is 3. The number of nitrogens with zero attached hydrogens (tertiary/aromatic N) is 1. The van der Waals surface area contributed by atoms with Gasteiger partial charge in [-0.1, -0.05) is 19.3 Å². The maximum Gasteiger partial charge on any atom is 0.193 e. The zero-order valence-corrected chi connectivity index (χ0v) is 16.1. The molecule has 0 heterocycles. The molecule has 1 aromatic carbocycles. The fourth-order valence-corrected chi connectivity index (χ4v) is 2.61. The van der Waals surface area contributed by atoms with E-state index in [1.54, 1.807) is 7.11 Å². The first-order valence-electron chi connectivity index (χ1n) is 8.10. The number of ether oxygens (including phenoxy) is 2. The number of anilines is 1. The molecule has 130 valence electrons. The number of halogens is 1. The standard InChI is InChI=1S/C17H27N3O2.HI/c1-21-15-10-8-14(9-11-15)20-17(18)19-12-5-13-22-16-6-3-2-4-7-16;/h8-11,16H,2-7,12-13H2,1H3,(H3,18,19,20);1H. The van der Waals surface area contributed by atoms with Gasteiger partial charge in [-0.15, -0.1) is 24.0 Å². The second-order valence-electron chi connectivity index (χ2n) is 5.60. The van der Waals surface area contributed by atoms with Gasteiger partial charge in [-0.25, -0.2) is 0 Å². The highest BCUT2D eigenvalue weighted by atomic mass is 127. The largest absolute Gasteiger partial charge is 0.497 e. The van der Waals surface area contributed by atoms with Crippen LogP contribution in [-0.4, -0.2) is 32.3 Å². The molecule has 0 aliphatic heterocycles. The molecule has 2 rings (SSSR count). The predicted molar refractivity (Wildman–Crippen MR) is 106 cm³/mol. The SMILES string of the molecule is COc1ccc(NC(N)=NCCCOC2CCCCC2)cc1.I. The Labute approximate surface area is 156 Å². The molecule has 0 bridgehead atoms. The Balaban J connectivity index is 0.00000264. The Hall–Kier alpha value is -1.02. The third kappa shape index (κ3) is 7.87. The molecule has 0 radical (unpaired) electrons. The van der Waals surface area contributed by atoms with Crippen LogP contribution in [0.5, 0.6) is 5.75 Å². The zero-order chi connectivity index (χ0) is 15.6. The second-order valence-corrected chi connectivity index (χ2v) is 5.60. The van der Waals surface area contributed by atoms with Crippen LogP contribution in [0, 0.1) is 0 Å². The summed E-state index contributed by atoms with van der Waals surface area (Å²) in [4.78, 5) is 4.32. The lowest BCUT2D eigenvalue weighted by molar-refractivity contribution is 0.0281. The topological polar surface area (TPSA) is 68.9 Å². The quantitative estimate of drug-likeness (QED) is 0.297. The minimum Gasteiger partial charge on any atom is -0.497 e. The first kappa shape index (κ1) is 20.0. The number of guanidine groups is 1. The monoisotopic (exact) mass is 433 g/mol. The molecule has 6 heteroatoms. The van der Waals surface area contributed by atoms with Crippen LogP contribution in [0.3, 0.4) is 0 Å². The van der Waals surface area contributed by atoms with Crippen LogP contribution in [0.2, 0.25) is 0 Å². The van der Waals surface area contributed by atoms with Crippen molar-refractivity contribution in [1.82, 2.24) is 0 Å². The summed E-state index contributed by atoms with van der Waals surface area (Å²) >= 11 is 0. The number of nitrogens with one attached hydrogen (secondary N) is 1.